The molecule has 132 valence electrons. The van der Waals surface area contributed by atoms with Gasteiger partial charge in [-0.05, 0) is 19.1 Å². The van der Waals surface area contributed by atoms with Gasteiger partial charge in [-0.25, -0.2) is 4.98 Å². The number of nitrogens with zero attached hydrogens (tertiary/aromatic N) is 4. The number of hydrogen-bond acceptors (Lipinski definition) is 6. The van der Waals surface area contributed by atoms with Crippen LogP contribution < -0.4 is 15.0 Å². The third kappa shape index (κ3) is 4.17. The van der Waals surface area contributed by atoms with E-state index in [4.69, 9.17) is 4.74 Å². The molecule has 1 aliphatic rings. The molecule has 0 bridgehead atoms. The van der Waals surface area contributed by atoms with Crippen molar-refractivity contribution in [2.45, 2.75) is 13.8 Å². The molecule has 0 radical (unpaired) electrons. The minimum absolute atomic E-state index is 0.124. The standard InChI is InChI=1S/C18H23N5O2/c1-13-11-17(23-9-7-22(8-10-23)14(2)24)21-18(19-13)20-15-5-4-6-16(12-15)25-3/h4-6,11-12H,7-10H2,1-3H3,(H,19,20,21). The van der Waals surface area contributed by atoms with Crippen molar-refractivity contribution in [2.75, 3.05) is 43.5 Å². The van der Waals surface area contributed by atoms with E-state index < -0.39 is 0 Å². The zero-order valence-electron chi connectivity index (χ0n) is 14.8. The predicted octanol–water partition coefficient (Wildman–Crippen LogP) is 2.21. The van der Waals surface area contributed by atoms with Crippen molar-refractivity contribution in [3.8, 4) is 5.75 Å². The second-order valence-corrected chi connectivity index (χ2v) is 6.04. The number of aryl methyl sites for hydroxylation is 1. The third-order valence-electron chi connectivity index (χ3n) is 4.22. The maximum atomic E-state index is 11.5. The van der Waals surface area contributed by atoms with E-state index in [0.29, 0.717) is 5.95 Å². The van der Waals surface area contributed by atoms with E-state index in [-0.39, 0.29) is 5.91 Å². The highest BCUT2D eigenvalue weighted by molar-refractivity contribution is 5.73. The van der Waals surface area contributed by atoms with Gasteiger partial charge in [0.05, 0.1) is 7.11 Å². The van der Waals surface area contributed by atoms with Crippen LogP contribution in [0.15, 0.2) is 30.3 Å². The Morgan fingerprint density at radius 2 is 1.92 bits per heavy atom. The number of rotatable bonds is 4. The summed E-state index contributed by atoms with van der Waals surface area (Å²) in [5.41, 5.74) is 1.77. The monoisotopic (exact) mass is 341 g/mol. The number of piperazine rings is 1. The van der Waals surface area contributed by atoms with Gasteiger partial charge in [0.2, 0.25) is 11.9 Å². The van der Waals surface area contributed by atoms with E-state index in [9.17, 15) is 4.79 Å². The summed E-state index contributed by atoms with van der Waals surface area (Å²) in [6.07, 6.45) is 0. The highest BCUT2D eigenvalue weighted by Gasteiger charge is 2.20. The molecule has 1 saturated heterocycles. The molecular formula is C18H23N5O2. The molecule has 7 nitrogen and oxygen atoms in total. The van der Waals surface area contributed by atoms with Crippen LogP contribution >= 0.6 is 0 Å². The van der Waals surface area contributed by atoms with Gasteiger partial charge < -0.3 is 19.9 Å². The third-order valence-corrected chi connectivity index (χ3v) is 4.22. The lowest BCUT2D eigenvalue weighted by Gasteiger charge is -2.35. The Bertz CT molecular complexity index is 757. The lowest BCUT2D eigenvalue weighted by molar-refractivity contribution is -0.129. The van der Waals surface area contributed by atoms with Gasteiger partial charge in [0.25, 0.3) is 0 Å². The van der Waals surface area contributed by atoms with E-state index in [1.165, 1.54) is 0 Å². The molecule has 3 rings (SSSR count). The van der Waals surface area contributed by atoms with Gasteiger partial charge in [-0.3, -0.25) is 4.79 Å². The number of aromatic nitrogens is 2. The zero-order valence-corrected chi connectivity index (χ0v) is 14.8. The molecule has 0 unspecified atom stereocenters. The number of nitrogens with one attached hydrogen (secondary N) is 1. The number of methoxy groups -OCH3 is 1. The van der Waals surface area contributed by atoms with Crippen molar-refractivity contribution in [2.24, 2.45) is 0 Å². The zero-order chi connectivity index (χ0) is 17.8. The summed E-state index contributed by atoms with van der Waals surface area (Å²) in [6, 6.07) is 9.62. The Hall–Kier alpha value is -2.83. The maximum Gasteiger partial charge on any atom is 0.229 e. The van der Waals surface area contributed by atoms with Gasteiger partial charge in [0.15, 0.2) is 0 Å². The quantitative estimate of drug-likeness (QED) is 0.919. The van der Waals surface area contributed by atoms with E-state index in [2.05, 4.69) is 20.2 Å². The lowest BCUT2D eigenvalue weighted by atomic mass is 10.3. The molecule has 2 aromatic rings. The highest BCUT2D eigenvalue weighted by Crippen LogP contribution is 2.22. The Balaban J connectivity index is 1.75. The Morgan fingerprint density at radius 3 is 2.60 bits per heavy atom. The first-order valence-corrected chi connectivity index (χ1v) is 8.32. The van der Waals surface area contributed by atoms with Crippen LogP contribution in [0.1, 0.15) is 12.6 Å². The number of benzene rings is 1. The van der Waals surface area contributed by atoms with Gasteiger partial charge in [-0.1, -0.05) is 6.07 Å². The summed E-state index contributed by atoms with van der Waals surface area (Å²) in [7, 11) is 1.64. The van der Waals surface area contributed by atoms with Crippen LogP contribution in [0.2, 0.25) is 0 Å². The molecule has 1 aliphatic heterocycles. The van der Waals surface area contributed by atoms with Crippen molar-refractivity contribution in [3.05, 3.63) is 36.0 Å². The van der Waals surface area contributed by atoms with Crippen molar-refractivity contribution in [1.29, 1.82) is 0 Å². The summed E-state index contributed by atoms with van der Waals surface area (Å²) < 4.78 is 5.24. The average molecular weight is 341 g/mol. The van der Waals surface area contributed by atoms with Crippen LogP contribution in [0, 0.1) is 6.92 Å². The molecule has 0 aliphatic carbocycles. The average Bonchev–Trinajstić information content (AvgIpc) is 2.61. The number of ether oxygens (including phenoxy) is 1. The van der Waals surface area contributed by atoms with Crippen LogP contribution in [0.4, 0.5) is 17.5 Å². The van der Waals surface area contributed by atoms with Crippen molar-refractivity contribution >= 4 is 23.4 Å². The fraction of sp³-hybridized carbons (Fsp3) is 0.389. The van der Waals surface area contributed by atoms with Crippen molar-refractivity contribution in [3.63, 3.8) is 0 Å². The smallest absolute Gasteiger partial charge is 0.229 e. The normalized spacial score (nSPS) is 14.4. The summed E-state index contributed by atoms with van der Waals surface area (Å²) in [6.45, 7) is 6.55. The van der Waals surface area contributed by atoms with E-state index >= 15 is 0 Å². The van der Waals surface area contributed by atoms with E-state index in [1.807, 2.05) is 42.2 Å². The predicted molar refractivity (Wildman–Crippen MR) is 97.5 cm³/mol. The maximum absolute atomic E-state index is 11.5. The SMILES string of the molecule is COc1cccc(Nc2nc(C)cc(N3CCN(C(C)=O)CC3)n2)c1. The van der Waals surface area contributed by atoms with Crippen molar-refractivity contribution < 1.29 is 9.53 Å². The second-order valence-electron chi connectivity index (χ2n) is 6.04. The first-order chi connectivity index (χ1) is 12.0. The molecule has 1 amide bonds. The van der Waals surface area contributed by atoms with Crippen LogP contribution in [0.5, 0.6) is 5.75 Å². The van der Waals surface area contributed by atoms with Crippen LogP contribution in [-0.4, -0.2) is 54.1 Å². The second kappa shape index (κ2) is 7.38. The Labute approximate surface area is 147 Å². The first kappa shape index (κ1) is 17.0. The van der Waals surface area contributed by atoms with Crippen LogP contribution in [-0.2, 0) is 4.79 Å². The molecule has 1 aromatic carbocycles. The fourth-order valence-corrected chi connectivity index (χ4v) is 2.85. The van der Waals surface area contributed by atoms with Gasteiger partial charge in [0.1, 0.15) is 11.6 Å². The molecule has 25 heavy (non-hydrogen) atoms. The molecule has 1 fully saturated rings. The van der Waals surface area contributed by atoms with E-state index in [1.54, 1.807) is 14.0 Å². The topological polar surface area (TPSA) is 70.6 Å². The number of carbonyl (C=O) groups is 1. The summed E-state index contributed by atoms with van der Waals surface area (Å²) in [5.74, 6) is 2.33. The summed E-state index contributed by atoms with van der Waals surface area (Å²) in [5, 5.41) is 3.23. The Kier molecular flexibility index (Phi) is 5.02. The molecule has 2 heterocycles. The molecule has 0 saturated carbocycles. The molecule has 1 N–H and O–H groups in total. The van der Waals surface area contributed by atoms with E-state index in [0.717, 1.165) is 49.1 Å². The van der Waals surface area contributed by atoms with Gasteiger partial charge in [0, 0.05) is 56.6 Å². The van der Waals surface area contributed by atoms with Crippen LogP contribution in [0.3, 0.4) is 0 Å². The largest absolute Gasteiger partial charge is 0.497 e. The van der Waals surface area contributed by atoms with Gasteiger partial charge in [-0.15, -0.1) is 0 Å². The Morgan fingerprint density at radius 1 is 1.16 bits per heavy atom. The number of hydrogen-bond donors (Lipinski definition) is 1. The molecule has 0 atom stereocenters. The summed E-state index contributed by atoms with van der Waals surface area (Å²) in [4.78, 5) is 24.6. The number of amides is 1. The molecule has 1 aromatic heterocycles. The van der Waals surface area contributed by atoms with Gasteiger partial charge in [-0.2, -0.15) is 4.98 Å². The number of anilines is 3. The van der Waals surface area contributed by atoms with Crippen molar-refractivity contribution in [1.82, 2.24) is 14.9 Å². The molecule has 7 heteroatoms. The highest BCUT2D eigenvalue weighted by atomic mass is 16.5. The minimum Gasteiger partial charge on any atom is -0.497 e. The minimum atomic E-state index is 0.124. The number of carbonyl (C=O) groups excluding carboxylic acids is 1. The fourth-order valence-electron chi connectivity index (χ4n) is 2.85. The lowest BCUT2D eigenvalue weighted by Crippen LogP contribution is -2.48. The first-order valence-electron chi connectivity index (χ1n) is 8.32. The van der Waals surface area contributed by atoms with Gasteiger partial charge >= 0.3 is 0 Å². The van der Waals surface area contributed by atoms with Crippen LogP contribution in [0.25, 0.3) is 0 Å². The molecular weight excluding hydrogens is 318 g/mol. The summed E-state index contributed by atoms with van der Waals surface area (Å²) >= 11 is 0. The molecule has 0 spiro atoms.